The Hall–Kier alpha value is -2.08. The van der Waals surface area contributed by atoms with Crippen LogP contribution in [0.15, 0.2) is 48.5 Å². The first-order chi connectivity index (χ1) is 15.2. The quantitative estimate of drug-likeness (QED) is 0.397. The van der Waals surface area contributed by atoms with Crippen molar-refractivity contribution in [1.82, 2.24) is 0 Å². The molecule has 0 N–H and O–H groups in total. The second kappa shape index (κ2) is 7.51. The molecule has 31 heavy (non-hydrogen) atoms. The summed E-state index contributed by atoms with van der Waals surface area (Å²) in [6.45, 7) is 4.62. The van der Waals surface area contributed by atoms with Gasteiger partial charge in [0, 0.05) is 5.41 Å². The van der Waals surface area contributed by atoms with Gasteiger partial charge in [-0.05, 0) is 84.4 Å². The Morgan fingerprint density at radius 2 is 1.26 bits per heavy atom. The molecule has 0 saturated heterocycles. The van der Waals surface area contributed by atoms with Crippen molar-refractivity contribution < 1.29 is 0 Å². The molecule has 160 valence electrons. The topological polar surface area (TPSA) is 0 Å². The number of hydrogen-bond acceptors (Lipinski definition) is 0. The van der Waals surface area contributed by atoms with Crippen molar-refractivity contribution in [1.29, 1.82) is 0 Å². The van der Waals surface area contributed by atoms with Crippen molar-refractivity contribution >= 4 is 10.8 Å². The monoisotopic (exact) mass is 408 g/mol. The summed E-state index contributed by atoms with van der Waals surface area (Å²) in [5, 5.41) is 3.02. The van der Waals surface area contributed by atoms with Gasteiger partial charge >= 0.3 is 0 Å². The zero-order chi connectivity index (χ0) is 21.0. The minimum atomic E-state index is 0.195. The van der Waals surface area contributed by atoms with Crippen LogP contribution in [0.2, 0.25) is 0 Å². The highest BCUT2D eigenvalue weighted by Gasteiger charge is 2.51. The molecule has 0 heterocycles. The van der Waals surface area contributed by atoms with Crippen LogP contribution in [0.25, 0.3) is 21.9 Å². The molecule has 0 amide bonds. The van der Waals surface area contributed by atoms with E-state index in [1.165, 1.54) is 91.8 Å². The highest BCUT2D eigenvalue weighted by Crippen LogP contribution is 2.61. The number of benzene rings is 3. The molecule has 3 aromatic rings. The van der Waals surface area contributed by atoms with E-state index in [2.05, 4.69) is 62.4 Å². The highest BCUT2D eigenvalue weighted by atomic mass is 14.5. The average Bonchev–Trinajstić information content (AvgIpc) is 2.80. The predicted octanol–water partition coefficient (Wildman–Crippen LogP) is 8.88. The molecule has 0 bridgehead atoms. The van der Waals surface area contributed by atoms with Gasteiger partial charge in [-0.3, -0.25) is 0 Å². The summed E-state index contributed by atoms with van der Waals surface area (Å²) in [6.07, 6.45) is 14.1. The van der Waals surface area contributed by atoms with Gasteiger partial charge < -0.3 is 0 Å². The lowest BCUT2D eigenvalue weighted by molar-refractivity contribution is 0.135. The summed E-state index contributed by atoms with van der Waals surface area (Å²) in [7, 11) is 0. The first-order valence-electron chi connectivity index (χ1n) is 12.8. The number of aryl methyl sites for hydroxylation is 2. The summed E-state index contributed by atoms with van der Waals surface area (Å²) >= 11 is 0. The van der Waals surface area contributed by atoms with E-state index < -0.39 is 0 Å². The van der Waals surface area contributed by atoms with Crippen LogP contribution >= 0.6 is 0 Å². The van der Waals surface area contributed by atoms with Gasteiger partial charge in [0.15, 0.2) is 0 Å². The minimum Gasteiger partial charge on any atom is -0.0610 e. The van der Waals surface area contributed by atoms with E-state index in [4.69, 9.17) is 0 Å². The van der Waals surface area contributed by atoms with E-state index in [1.54, 1.807) is 16.5 Å². The summed E-state index contributed by atoms with van der Waals surface area (Å²) in [5.74, 6) is 1.56. The van der Waals surface area contributed by atoms with E-state index in [9.17, 15) is 0 Å². The molecule has 2 saturated carbocycles. The maximum atomic E-state index is 2.61. The van der Waals surface area contributed by atoms with Crippen molar-refractivity contribution in [2.75, 3.05) is 0 Å². The van der Waals surface area contributed by atoms with Gasteiger partial charge in [0.2, 0.25) is 0 Å². The first kappa shape index (κ1) is 19.6. The molecule has 0 spiro atoms. The Morgan fingerprint density at radius 3 is 1.94 bits per heavy atom. The highest BCUT2D eigenvalue weighted by molar-refractivity contribution is 6.03. The van der Waals surface area contributed by atoms with Gasteiger partial charge in [-0.1, -0.05) is 98.2 Å². The fraction of sp³-hybridized carbons (Fsp3) is 0.484. The summed E-state index contributed by atoms with van der Waals surface area (Å²) < 4.78 is 0. The normalized spacial score (nSPS) is 21.2. The van der Waals surface area contributed by atoms with Crippen molar-refractivity contribution in [2.24, 2.45) is 11.8 Å². The molecule has 3 aliphatic rings. The average molecular weight is 409 g/mol. The van der Waals surface area contributed by atoms with Crippen LogP contribution in [0.3, 0.4) is 0 Å². The maximum Gasteiger partial charge on any atom is 0.0271 e. The molecule has 3 aliphatic carbocycles. The lowest BCUT2D eigenvalue weighted by Gasteiger charge is -2.53. The first-order valence-corrected chi connectivity index (χ1v) is 12.8. The Morgan fingerprint density at radius 1 is 0.613 bits per heavy atom. The third kappa shape index (κ3) is 2.86. The third-order valence-electron chi connectivity index (χ3n) is 8.98. The van der Waals surface area contributed by atoms with Crippen LogP contribution in [0.4, 0.5) is 0 Å². The molecule has 0 radical (unpaired) electrons. The van der Waals surface area contributed by atoms with Gasteiger partial charge in [0.1, 0.15) is 0 Å². The van der Waals surface area contributed by atoms with Crippen LogP contribution in [0.1, 0.15) is 86.5 Å². The Kier molecular flexibility index (Phi) is 4.74. The number of fused-ring (bicyclic) bond motifs is 2. The van der Waals surface area contributed by atoms with Gasteiger partial charge in [0.05, 0.1) is 0 Å². The molecule has 2 fully saturated rings. The zero-order valence-electron chi connectivity index (χ0n) is 19.3. The zero-order valence-corrected chi connectivity index (χ0v) is 19.3. The van der Waals surface area contributed by atoms with E-state index >= 15 is 0 Å². The van der Waals surface area contributed by atoms with Crippen molar-refractivity contribution in [3.63, 3.8) is 0 Å². The van der Waals surface area contributed by atoms with E-state index in [0.717, 1.165) is 11.8 Å². The fourth-order valence-electron chi connectivity index (χ4n) is 7.84. The Labute approximate surface area is 188 Å². The van der Waals surface area contributed by atoms with Gasteiger partial charge in [-0.15, -0.1) is 0 Å². The van der Waals surface area contributed by atoms with Crippen molar-refractivity contribution in [3.05, 3.63) is 70.8 Å². The van der Waals surface area contributed by atoms with Gasteiger partial charge in [-0.25, -0.2) is 0 Å². The fourth-order valence-corrected chi connectivity index (χ4v) is 7.84. The molecular formula is C31H36. The molecule has 0 heteroatoms. The lowest BCUT2D eigenvalue weighted by atomic mass is 9.50. The second-order valence-corrected chi connectivity index (χ2v) is 10.8. The van der Waals surface area contributed by atoms with Crippen LogP contribution in [0.5, 0.6) is 0 Å². The molecule has 0 unspecified atom stereocenters. The van der Waals surface area contributed by atoms with Gasteiger partial charge in [0.25, 0.3) is 0 Å². The van der Waals surface area contributed by atoms with Crippen LogP contribution in [-0.2, 0) is 5.41 Å². The van der Waals surface area contributed by atoms with Crippen molar-refractivity contribution in [3.8, 4) is 11.1 Å². The molecular weight excluding hydrogens is 372 g/mol. The summed E-state index contributed by atoms with van der Waals surface area (Å²) in [5.41, 5.74) is 9.44. The maximum absolute atomic E-state index is 2.61. The largest absolute Gasteiger partial charge is 0.0610 e. The van der Waals surface area contributed by atoms with Crippen LogP contribution < -0.4 is 0 Å². The minimum absolute atomic E-state index is 0.195. The number of rotatable bonds is 2. The summed E-state index contributed by atoms with van der Waals surface area (Å²) in [6, 6.07) is 19.5. The summed E-state index contributed by atoms with van der Waals surface area (Å²) in [4.78, 5) is 0. The van der Waals surface area contributed by atoms with Crippen LogP contribution in [0, 0.1) is 25.7 Å². The number of hydrogen-bond donors (Lipinski definition) is 0. The van der Waals surface area contributed by atoms with Crippen LogP contribution in [-0.4, -0.2) is 0 Å². The van der Waals surface area contributed by atoms with Crippen molar-refractivity contribution in [2.45, 2.75) is 83.5 Å². The predicted molar refractivity (Wildman–Crippen MR) is 133 cm³/mol. The smallest absolute Gasteiger partial charge is 0.0271 e. The molecule has 0 nitrogen and oxygen atoms in total. The van der Waals surface area contributed by atoms with E-state index in [0.29, 0.717) is 0 Å². The van der Waals surface area contributed by atoms with E-state index in [1.807, 2.05) is 0 Å². The third-order valence-corrected chi connectivity index (χ3v) is 8.98. The van der Waals surface area contributed by atoms with Gasteiger partial charge in [-0.2, -0.15) is 0 Å². The molecule has 0 aromatic heterocycles. The molecule has 3 aromatic carbocycles. The second-order valence-electron chi connectivity index (χ2n) is 10.8. The van der Waals surface area contributed by atoms with E-state index in [-0.39, 0.29) is 5.41 Å². The lowest BCUT2D eigenvalue weighted by Crippen LogP contribution is -2.47. The Bertz CT molecular complexity index is 1100. The SMILES string of the molecule is Cc1ccc2c(c1)C(C1CCCCC1)(C1CCCCC1)c1cc(C)cc3cccc-2c13. The standard InChI is InChI=1S/C31H36/c1-21-16-17-26-27-15-9-10-23-18-22(2)20-29(30(23)27)31(28(26)19-21,24-11-5-3-6-12-24)25-13-7-4-8-14-25/h9-10,15-20,24-25H,3-8,11-14H2,1-2H3. The molecule has 0 aliphatic heterocycles. The Balaban J connectivity index is 1.76. The molecule has 0 atom stereocenters. The molecule has 6 rings (SSSR count).